The van der Waals surface area contributed by atoms with Crippen molar-refractivity contribution in [2.45, 2.75) is 25.3 Å². The summed E-state index contributed by atoms with van der Waals surface area (Å²) < 4.78 is 7.65. The fourth-order valence-electron chi connectivity index (χ4n) is 2.96. The van der Waals surface area contributed by atoms with E-state index in [4.69, 9.17) is 4.74 Å². The minimum Gasteiger partial charge on any atom is -0.377 e. The molecule has 19 heavy (non-hydrogen) atoms. The van der Waals surface area contributed by atoms with Crippen molar-refractivity contribution >= 4 is 5.91 Å². The van der Waals surface area contributed by atoms with Crippen LogP contribution in [0.4, 0.5) is 0 Å². The molecule has 0 bridgehead atoms. The first-order valence-corrected chi connectivity index (χ1v) is 6.96. The molecule has 1 aromatic rings. The fourth-order valence-corrected chi connectivity index (χ4v) is 2.96. The highest BCUT2D eigenvalue weighted by Gasteiger charge is 2.31. The number of carbonyl (C=O) groups excluding carboxylic acids is 1. The zero-order chi connectivity index (χ0) is 13.2. The van der Waals surface area contributed by atoms with Gasteiger partial charge in [0.25, 0.3) is 0 Å². The second kappa shape index (κ2) is 5.21. The third-order valence-corrected chi connectivity index (χ3v) is 4.03. The number of allylic oxidation sites excluding steroid dienone is 1. The molecule has 0 N–H and O–H groups in total. The molecule has 1 saturated heterocycles. The fraction of sp³-hybridized carbons (Fsp3) is 0.533. The third-order valence-electron chi connectivity index (χ3n) is 4.03. The summed E-state index contributed by atoms with van der Waals surface area (Å²) >= 11 is 0. The number of carbonyl (C=O) groups is 1. The van der Waals surface area contributed by atoms with Gasteiger partial charge in [-0.25, -0.2) is 0 Å². The number of morpholine rings is 1. The molecule has 0 unspecified atom stereocenters. The van der Waals surface area contributed by atoms with Gasteiger partial charge in [0.15, 0.2) is 0 Å². The Hall–Kier alpha value is -1.55. The van der Waals surface area contributed by atoms with E-state index in [2.05, 4.69) is 16.7 Å². The van der Waals surface area contributed by atoms with Gasteiger partial charge >= 0.3 is 0 Å². The molecule has 1 aliphatic heterocycles. The Morgan fingerprint density at radius 2 is 2.37 bits per heavy atom. The van der Waals surface area contributed by atoms with Crippen molar-refractivity contribution in [1.29, 1.82) is 0 Å². The highest BCUT2D eigenvalue weighted by Crippen LogP contribution is 2.28. The molecule has 0 saturated carbocycles. The lowest BCUT2D eigenvalue weighted by Crippen LogP contribution is -2.44. The van der Waals surface area contributed by atoms with E-state index in [1.165, 1.54) is 0 Å². The van der Waals surface area contributed by atoms with Crippen LogP contribution >= 0.6 is 0 Å². The zero-order valence-electron chi connectivity index (χ0n) is 11.3. The summed E-state index contributed by atoms with van der Waals surface area (Å²) in [6.45, 7) is 1.92. The van der Waals surface area contributed by atoms with E-state index in [9.17, 15) is 4.79 Å². The minimum atomic E-state index is 0.0442. The van der Waals surface area contributed by atoms with Crippen LogP contribution in [-0.4, -0.2) is 35.1 Å². The molecule has 4 nitrogen and oxygen atoms in total. The van der Waals surface area contributed by atoms with Crippen LogP contribution in [0.2, 0.25) is 0 Å². The van der Waals surface area contributed by atoms with Crippen LogP contribution in [0.1, 0.15) is 31.0 Å². The summed E-state index contributed by atoms with van der Waals surface area (Å²) in [5.74, 6) is 0.201. The number of amides is 1. The van der Waals surface area contributed by atoms with Crippen molar-refractivity contribution in [3.63, 3.8) is 0 Å². The van der Waals surface area contributed by atoms with Crippen molar-refractivity contribution in [2.75, 3.05) is 19.8 Å². The predicted octanol–water partition coefficient (Wildman–Crippen LogP) is 2.04. The van der Waals surface area contributed by atoms with Crippen LogP contribution in [0.15, 0.2) is 30.0 Å². The average Bonchev–Trinajstić information content (AvgIpc) is 3.09. The predicted molar refractivity (Wildman–Crippen MR) is 72.6 cm³/mol. The molecule has 0 radical (unpaired) electrons. The van der Waals surface area contributed by atoms with Crippen molar-refractivity contribution in [1.82, 2.24) is 9.47 Å². The Morgan fingerprint density at radius 3 is 3.05 bits per heavy atom. The molecule has 0 aromatic carbocycles. The Labute approximate surface area is 113 Å². The van der Waals surface area contributed by atoms with Gasteiger partial charge in [-0.3, -0.25) is 4.79 Å². The number of nitrogens with zero attached hydrogens (tertiary/aromatic N) is 2. The van der Waals surface area contributed by atoms with Gasteiger partial charge in [0.1, 0.15) is 0 Å². The molecule has 1 amide bonds. The average molecular weight is 260 g/mol. The number of hydrogen-bond donors (Lipinski definition) is 0. The van der Waals surface area contributed by atoms with E-state index in [-0.39, 0.29) is 11.9 Å². The number of aryl methyl sites for hydroxylation is 1. The van der Waals surface area contributed by atoms with E-state index in [1.54, 1.807) is 0 Å². The van der Waals surface area contributed by atoms with Gasteiger partial charge < -0.3 is 14.2 Å². The molecule has 102 valence electrons. The molecule has 1 atom stereocenters. The van der Waals surface area contributed by atoms with E-state index < -0.39 is 0 Å². The SMILES string of the molecule is Cn1cccc1[C@H]1COCCN1C(=O)C1=CCCC1. The summed E-state index contributed by atoms with van der Waals surface area (Å²) in [4.78, 5) is 14.6. The Balaban J connectivity index is 1.85. The van der Waals surface area contributed by atoms with Crippen LogP contribution in [0.3, 0.4) is 0 Å². The maximum Gasteiger partial charge on any atom is 0.250 e. The number of aromatic nitrogens is 1. The first kappa shape index (κ1) is 12.5. The van der Waals surface area contributed by atoms with E-state index >= 15 is 0 Å². The number of ether oxygens (including phenoxy) is 1. The van der Waals surface area contributed by atoms with Crippen LogP contribution in [-0.2, 0) is 16.6 Å². The van der Waals surface area contributed by atoms with E-state index in [0.29, 0.717) is 19.8 Å². The number of rotatable bonds is 2. The normalized spacial score (nSPS) is 23.5. The maximum absolute atomic E-state index is 12.6. The van der Waals surface area contributed by atoms with Gasteiger partial charge in [-0.05, 0) is 31.4 Å². The first-order valence-electron chi connectivity index (χ1n) is 6.96. The summed E-state index contributed by atoms with van der Waals surface area (Å²) in [5, 5.41) is 0. The molecule has 4 heteroatoms. The molecule has 1 aliphatic carbocycles. The van der Waals surface area contributed by atoms with Gasteiger partial charge in [0.2, 0.25) is 5.91 Å². The second-order valence-electron chi connectivity index (χ2n) is 5.25. The van der Waals surface area contributed by atoms with Crippen molar-refractivity contribution in [2.24, 2.45) is 7.05 Å². The lowest BCUT2D eigenvalue weighted by molar-refractivity contribution is -0.136. The van der Waals surface area contributed by atoms with Crippen LogP contribution in [0.5, 0.6) is 0 Å². The Bertz CT molecular complexity index is 504. The highest BCUT2D eigenvalue weighted by atomic mass is 16.5. The van der Waals surface area contributed by atoms with Crippen LogP contribution in [0, 0.1) is 0 Å². The van der Waals surface area contributed by atoms with Gasteiger partial charge in [-0.15, -0.1) is 0 Å². The van der Waals surface area contributed by atoms with Crippen molar-refractivity contribution in [3.8, 4) is 0 Å². The summed E-state index contributed by atoms with van der Waals surface area (Å²) in [6.07, 6.45) is 7.19. The summed E-state index contributed by atoms with van der Waals surface area (Å²) in [6, 6.07) is 4.13. The number of hydrogen-bond acceptors (Lipinski definition) is 2. The minimum absolute atomic E-state index is 0.0442. The summed E-state index contributed by atoms with van der Waals surface area (Å²) in [5.41, 5.74) is 2.13. The maximum atomic E-state index is 12.6. The lowest BCUT2D eigenvalue weighted by atomic mass is 10.1. The van der Waals surface area contributed by atoms with Crippen LogP contribution < -0.4 is 0 Å². The topological polar surface area (TPSA) is 34.5 Å². The van der Waals surface area contributed by atoms with E-state index in [0.717, 1.165) is 30.5 Å². The largest absolute Gasteiger partial charge is 0.377 e. The van der Waals surface area contributed by atoms with Gasteiger partial charge in [-0.1, -0.05) is 6.08 Å². The molecule has 1 fully saturated rings. The van der Waals surface area contributed by atoms with Gasteiger partial charge in [0, 0.05) is 31.1 Å². The van der Waals surface area contributed by atoms with Gasteiger partial charge in [-0.2, -0.15) is 0 Å². The second-order valence-corrected chi connectivity index (χ2v) is 5.25. The standard InChI is InChI=1S/C15H20N2O2/c1-16-8-4-7-13(16)14-11-19-10-9-17(14)15(18)12-5-2-3-6-12/h4-5,7-8,14H,2-3,6,9-11H2,1H3/t14-/m1/s1. The highest BCUT2D eigenvalue weighted by molar-refractivity contribution is 5.94. The zero-order valence-corrected chi connectivity index (χ0v) is 11.3. The molecule has 2 aliphatic rings. The van der Waals surface area contributed by atoms with E-state index in [1.807, 2.05) is 24.2 Å². The Morgan fingerprint density at radius 1 is 1.47 bits per heavy atom. The Kier molecular flexibility index (Phi) is 3.42. The molecule has 1 aromatic heterocycles. The third kappa shape index (κ3) is 2.32. The van der Waals surface area contributed by atoms with Crippen LogP contribution in [0.25, 0.3) is 0 Å². The molecule has 0 spiro atoms. The van der Waals surface area contributed by atoms with Crippen molar-refractivity contribution in [3.05, 3.63) is 35.7 Å². The first-order chi connectivity index (χ1) is 9.27. The molecule has 3 rings (SSSR count). The quantitative estimate of drug-likeness (QED) is 0.815. The molecule has 2 heterocycles. The molecular weight excluding hydrogens is 240 g/mol. The lowest BCUT2D eigenvalue weighted by Gasteiger charge is -2.36. The monoisotopic (exact) mass is 260 g/mol. The molecular formula is C15H20N2O2. The smallest absolute Gasteiger partial charge is 0.250 e. The van der Waals surface area contributed by atoms with Gasteiger partial charge in [0.05, 0.1) is 19.3 Å². The summed E-state index contributed by atoms with van der Waals surface area (Å²) in [7, 11) is 2.02. The van der Waals surface area contributed by atoms with Crippen molar-refractivity contribution < 1.29 is 9.53 Å².